The van der Waals surface area contributed by atoms with E-state index in [1.54, 1.807) is 0 Å². The van der Waals surface area contributed by atoms with Crippen LogP contribution in [0.25, 0.3) is 0 Å². The molecule has 0 atom stereocenters. The Hall–Kier alpha value is -0.560. The van der Waals surface area contributed by atoms with Gasteiger partial charge >= 0.3 is 0 Å². The maximum Gasteiger partial charge on any atom is 0.0571 e. The van der Waals surface area contributed by atoms with Crippen LogP contribution in [0.15, 0.2) is 24.8 Å². The second-order valence-electron chi connectivity index (χ2n) is 8.74. The fraction of sp³-hybridized carbons (Fsp3) is 0.826. The second kappa shape index (κ2) is 9.22. The fourth-order valence-electron chi connectivity index (χ4n) is 5.49. The van der Waals surface area contributed by atoms with Gasteiger partial charge in [-0.2, -0.15) is 0 Å². The quantitative estimate of drug-likeness (QED) is 0.520. The van der Waals surface area contributed by atoms with Gasteiger partial charge in [0.1, 0.15) is 0 Å². The lowest BCUT2D eigenvalue weighted by atomic mass is 9.70. The molecule has 1 heteroatoms. The van der Waals surface area contributed by atoms with Gasteiger partial charge in [-0.25, -0.2) is 0 Å². The Morgan fingerprint density at radius 2 is 1.04 bits per heavy atom. The molecule has 3 fully saturated rings. The summed E-state index contributed by atoms with van der Waals surface area (Å²) in [6.45, 7) is 3.96. The van der Waals surface area contributed by atoms with Crippen LogP contribution in [0, 0.1) is 29.6 Å². The van der Waals surface area contributed by atoms with Gasteiger partial charge in [0.15, 0.2) is 0 Å². The Morgan fingerprint density at radius 3 is 1.50 bits per heavy atom. The van der Waals surface area contributed by atoms with Gasteiger partial charge in [0.2, 0.25) is 0 Å². The van der Waals surface area contributed by atoms with E-state index in [-0.39, 0.29) is 0 Å². The number of ether oxygens (including phenoxy) is 1. The molecule has 0 saturated heterocycles. The summed E-state index contributed by atoms with van der Waals surface area (Å²) >= 11 is 0. The van der Waals surface area contributed by atoms with Crippen LogP contribution < -0.4 is 0 Å². The van der Waals surface area contributed by atoms with Crippen LogP contribution in [-0.4, -0.2) is 13.2 Å². The molecule has 0 bridgehead atoms. The number of rotatable bonds is 5. The molecule has 0 N–H and O–H groups in total. The third-order valence-electron chi connectivity index (χ3n) is 7.34. The zero-order chi connectivity index (χ0) is 16.8. The minimum Gasteiger partial charge on any atom is -0.381 e. The monoisotopic (exact) mass is 330 g/mol. The van der Waals surface area contributed by atoms with Gasteiger partial charge in [0, 0.05) is 7.11 Å². The van der Waals surface area contributed by atoms with E-state index in [0.717, 1.165) is 29.6 Å². The second-order valence-corrected chi connectivity index (χ2v) is 8.74. The predicted molar refractivity (Wildman–Crippen MR) is 103 cm³/mol. The topological polar surface area (TPSA) is 9.23 Å². The first-order valence-corrected chi connectivity index (χ1v) is 10.6. The molecule has 0 aliphatic heterocycles. The van der Waals surface area contributed by atoms with Crippen LogP contribution in [0.3, 0.4) is 0 Å². The van der Waals surface area contributed by atoms with Crippen molar-refractivity contribution in [1.82, 2.24) is 0 Å². The molecule has 0 aromatic rings. The Labute approximate surface area is 149 Å². The Bertz CT molecular complexity index is 388. The van der Waals surface area contributed by atoms with Gasteiger partial charge in [-0.1, -0.05) is 18.2 Å². The highest BCUT2D eigenvalue weighted by atomic mass is 16.5. The van der Waals surface area contributed by atoms with Crippen LogP contribution in [0.5, 0.6) is 0 Å². The predicted octanol–water partition coefficient (Wildman–Crippen LogP) is 6.55. The molecule has 0 unspecified atom stereocenters. The zero-order valence-electron chi connectivity index (χ0n) is 15.8. The number of allylic oxidation sites excluding steroid dienone is 3. The van der Waals surface area contributed by atoms with Crippen LogP contribution in [0.4, 0.5) is 0 Å². The lowest BCUT2D eigenvalue weighted by molar-refractivity contribution is 0.0405. The van der Waals surface area contributed by atoms with Crippen molar-refractivity contribution < 1.29 is 4.74 Å². The summed E-state index contributed by atoms with van der Waals surface area (Å²) < 4.78 is 5.53. The zero-order valence-corrected chi connectivity index (χ0v) is 15.8. The van der Waals surface area contributed by atoms with Crippen molar-refractivity contribution in [3.8, 4) is 0 Å². The van der Waals surface area contributed by atoms with E-state index in [1.807, 2.05) is 7.11 Å². The van der Waals surface area contributed by atoms with Crippen molar-refractivity contribution >= 4 is 0 Å². The van der Waals surface area contributed by atoms with Gasteiger partial charge in [-0.05, 0) is 107 Å². The van der Waals surface area contributed by atoms with Crippen LogP contribution >= 0.6 is 0 Å². The van der Waals surface area contributed by atoms with E-state index >= 15 is 0 Å². The molecule has 0 amide bonds. The SMILES string of the molecule is C=CC1CCC(/C=C/C2CCC(C3CCC(OC)CC3)CC2)CC1. The molecule has 1 nitrogen and oxygen atoms in total. The van der Waals surface area contributed by atoms with Gasteiger partial charge < -0.3 is 4.74 Å². The van der Waals surface area contributed by atoms with Gasteiger partial charge in [-0.3, -0.25) is 0 Å². The standard InChI is InChI=1S/C23H38O/c1-3-18-4-6-19(7-5-18)8-9-20-10-12-21(13-11-20)22-14-16-23(24-2)17-15-22/h3,8-9,18-23H,1,4-7,10-17H2,2H3/b9-8+. The van der Waals surface area contributed by atoms with E-state index in [1.165, 1.54) is 77.0 Å². The highest BCUT2D eigenvalue weighted by Gasteiger charge is 2.30. The van der Waals surface area contributed by atoms with E-state index in [9.17, 15) is 0 Å². The molecule has 0 radical (unpaired) electrons. The highest BCUT2D eigenvalue weighted by molar-refractivity contribution is 4.98. The molecule has 3 aliphatic rings. The molecule has 0 spiro atoms. The Kier molecular flexibility index (Phi) is 7.01. The minimum absolute atomic E-state index is 0.553. The molecule has 0 aromatic carbocycles. The van der Waals surface area contributed by atoms with E-state index in [4.69, 9.17) is 4.74 Å². The molecule has 3 aliphatic carbocycles. The number of methoxy groups -OCH3 is 1. The number of hydrogen-bond acceptors (Lipinski definition) is 1. The maximum absolute atomic E-state index is 5.53. The van der Waals surface area contributed by atoms with Gasteiger partial charge in [0.25, 0.3) is 0 Å². The largest absolute Gasteiger partial charge is 0.381 e. The summed E-state index contributed by atoms with van der Waals surface area (Å²) in [7, 11) is 1.88. The van der Waals surface area contributed by atoms with Crippen LogP contribution in [-0.2, 0) is 4.74 Å². The molecule has 136 valence electrons. The molecule has 24 heavy (non-hydrogen) atoms. The molecule has 3 rings (SSSR count). The van der Waals surface area contributed by atoms with Crippen molar-refractivity contribution in [1.29, 1.82) is 0 Å². The average molecular weight is 331 g/mol. The number of hydrogen-bond donors (Lipinski definition) is 0. The van der Waals surface area contributed by atoms with E-state index in [0.29, 0.717) is 6.10 Å². The van der Waals surface area contributed by atoms with Crippen molar-refractivity contribution in [2.45, 2.75) is 83.2 Å². The minimum atomic E-state index is 0.553. The first kappa shape index (κ1) is 18.2. The Morgan fingerprint density at radius 1 is 0.625 bits per heavy atom. The molecule has 0 aromatic heterocycles. The highest BCUT2D eigenvalue weighted by Crippen LogP contribution is 2.41. The van der Waals surface area contributed by atoms with Crippen molar-refractivity contribution in [3.05, 3.63) is 24.8 Å². The van der Waals surface area contributed by atoms with Crippen molar-refractivity contribution in [2.24, 2.45) is 29.6 Å². The molecular formula is C23H38O. The third kappa shape index (κ3) is 4.97. The van der Waals surface area contributed by atoms with E-state index in [2.05, 4.69) is 24.8 Å². The fourth-order valence-corrected chi connectivity index (χ4v) is 5.49. The first-order valence-electron chi connectivity index (χ1n) is 10.6. The average Bonchev–Trinajstić information content (AvgIpc) is 2.67. The summed E-state index contributed by atoms with van der Waals surface area (Å²) in [6, 6.07) is 0. The van der Waals surface area contributed by atoms with E-state index < -0.39 is 0 Å². The summed E-state index contributed by atoms with van der Waals surface area (Å²) in [6.07, 6.45) is 24.6. The first-order chi connectivity index (χ1) is 11.8. The molecule has 3 saturated carbocycles. The lowest BCUT2D eigenvalue weighted by Gasteiger charge is -2.37. The molecule has 0 heterocycles. The Balaban J connectivity index is 1.36. The van der Waals surface area contributed by atoms with Crippen molar-refractivity contribution in [3.63, 3.8) is 0 Å². The molecular weight excluding hydrogens is 292 g/mol. The normalized spacial score (nSPS) is 41.4. The summed E-state index contributed by atoms with van der Waals surface area (Å²) in [5.74, 6) is 4.52. The van der Waals surface area contributed by atoms with Crippen molar-refractivity contribution in [2.75, 3.05) is 7.11 Å². The van der Waals surface area contributed by atoms with Gasteiger partial charge in [0.05, 0.1) is 6.10 Å². The summed E-state index contributed by atoms with van der Waals surface area (Å²) in [5, 5.41) is 0. The third-order valence-corrected chi connectivity index (χ3v) is 7.34. The summed E-state index contributed by atoms with van der Waals surface area (Å²) in [5.41, 5.74) is 0. The lowest BCUT2D eigenvalue weighted by Crippen LogP contribution is -2.27. The smallest absolute Gasteiger partial charge is 0.0571 e. The van der Waals surface area contributed by atoms with Gasteiger partial charge in [-0.15, -0.1) is 6.58 Å². The maximum atomic E-state index is 5.53. The van der Waals surface area contributed by atoms with Crippen LogP contribution in [0.1, 0.15) is 77.0 Å². The van der Waals surface area contributed by atoms with Crippen LogP contribution in [0.2, 0.25) is 0 Å². The summed E-state index contributed by atoms with van der Waals surface area (Å²) in [4.78, 5) is 0.